The Kier molecular flexibility index (Phi) is 5.91. The van der Waals surface area contributed by atoms with E-state index >= 15 is 0 Å². The maximum atomic E-state index is 5.64. The lowest BCUT2D eigenvalue weighted by Gasteiger charge is -2.11. The molecule has 0 unspecified atom stereocenters. The molecule has 0 aromatic heterocycles. The van der Waals surface area contributed by atoms with E-state index in [1.165, 1.54) is 0 Å². The molecule has 0 fully saturated rings. The zero-order chi connectivity index (χ0) is 11.8. The summed E-state index contributed by atoms with van der Waals surface area (Å²) in [4.78, 5) is 0. The van der Waals surface area contributed by atoms with Crippen molar-refractivity contribution in [2.45, 2.75) is 12.5 Å². The molecular weight excluding hydrogens is 222 g/mol. The Morgan fingerprint density at radius 1 is 1.25 bits per heavy atom. The second-order valence-corrected chi connectivity index (χ2v) is 5.84. The first-order valence-corrected chi connectivity index (χ1v) is 7.06. The van der Waals surface area contributed by atoms with Gasteiger partial charge in [0.25, 0.3) is 0 Å². The van der Waals surface area contributed by atoms with Gasteiger partial charge in [-0.05, 0) is 24.6 Å². The molecule has 1 aromatic rings. The molecule has 0 spiro atoms. The summed E-state index contributed by atoms with van der Waals surface area (Å²) in [6.07, 6.45) is 0.938. The minimum Gasteiger partial charge on any atom is -0.494 e. The van der Waals surface area contributed by atoms with Gasteiger partial charge < -0.3 is 19.3 Å². The fourth-order valence-electron chi connectivity index (χ4n) is 1.38. The SMILES string of the molecule is CO[SiH](CCCOc1cccc(N)c1)OC. The third-order valence-electron chi connectivity index (χ3n) is 2.24. The Morgan fingerprint density at radius 2 is 2.00 bits per heavy atom. The molecule has 2 N–H and O–H groups in total. The largest absolute Gasteiger partial charge is 0.494 e. The van der Waals surface area contributed by atoms with Crippen LogP contribution in [0.5, 0.6) is 5.75 Å². The van der Waals surface area contributed by atoms with E-state index in [2.05, 4.69) is 0 Å². The number of ether oxygens (including phenoxy) is 1. The van der Waals surface area contributed by atoms with Crippen molar-refractivity contribution in [1.29, 1.82) is 0 Å². The third kappa shape index (κ3) is 4.65. The molecule has 1 aromatic carbocycles. The molecule has 0 aliphatic heterocycles. The van der Waals surface area contributed by atoms with Gasteiger partial charge in [0.2, 0.25) is 0 Å². The van der Waals surface area contributed by atoms with Gasteiger partial charge in [-0.25, -0.2) is 0 Å². The summed E-state index contributed by atoms with van der Waals surface area (Å²) in [6.45, 7) is 0.666. The van der Waals surface area contributed by atoms with Crippen LogP contribution in [0.2, 0.25) is 6.04 Å². The van der Waals surface area contributed by atoms with Gasteiger partial charge in [0, 0.05) is 26.0 Å². The Morgan fingerprint density at radius 3 is 2.62 bits per heavy atom. The molecule has 16 heavy (non-hydrogen) atoms. The predicted octanol–water partition coefficient (Wildman–Crippen LogP) is 1.55. The molecule has 0 aliphatic carbocycles. The van der Waals surface area contributed by atoms with Crippen LogP contribution in [0.1, 0.15) is 6.42 Å². The van der Waals surface area contributed by atoms with Crippen LogP contribution < -0.4 is 10.5 Å². The molecular formula is C11H19NO3Si. The molecule has 1 rings (SSSR count). The highest BCUT2D eigenvalue weighted by Crippen LogP contribution is 2.14. The fraction of sp³-hybridized carbons (Fsp3) is 0.455. The quantitative estimate of drug-likeness (QED) is 0.447. The standard InChI is InChI=1S/C11H19NO3Si/c1-13-16(14-2)8-4-7-15-11-6-3-5-10(12)9-11/h3,5-6,9,16H,4,7-8,12H2,1-2H3. The normalized spacial score (nSPS) is 10.7. The second-order valence-electron chi connectivity index (χ2n) is 3.46. The van der Waals surface area contributed by atoms with Crippen LogP contribution in [0.25, 0.3) is 0 Å². The first-order valence-electron chi connectivity index (χ1n) is 5.30. The van der Waals surface area contributed by atoms with Crippen LogP contribution in [0.15, 0.2) is 24.3 Å². The Balaban J connectivity index is 2.20. The second kappa shape index (κ2) is 7.27. The molecule has 0 saturated heterocycles. The van der Waals surface area contributed by atoms with Crippen LogP contribution in [0, 0.1) is 0 Å². The lowest BCUT2D eigenvalue weighted by molar-refractivity contribution is 0.266. The van der Waals surface area contributed by atoms with E-state index in [1.807, 2.05) is 24.3 Å². The highest BCUT2D eigenvalue weighted by molar-refractivity contribution is 6.44. The summed E-state index contributed by atoms with van der Waals surface area (Å²) in [5.74, 6) is 0.813. The van der Waals surface area contributed by atoms with Crippen molar-refractivity contribution in [3.63, 3.8) is 0 Å². The van der Waals surface area contributed by atoms with Crippen molar-refractivity contribution in [2.24, 2.45) is 0 Å². The fourth-order valence-corrected chi connectivity index (χ4v) is 2.54. The van der Waals surface area contributed by atoms with E-state index in [0.29, 0.717) is 6.61 Å². The summed E-state index contributed by atoms with van der Waals surface area (Å²) >= 11 is 0. The van der Waals surface area contributed by atoms with Crippen LogP contribution in [-0.2, 0) is 8.85 Å². The van der Waals surface area contributed by atoms with Crippen LogP contribution in [0.4, 0.5) is 5.69 Å². The first-order chi connectivity index (χ1) is 7.76. The lowest BCUT2D eigenvalue weighted by atomic mass is 10.3. The van der Waals surface area contributed by atoms with Crippen LogP contribution in [-0.4, -0.2) is 30.1 Å². The first kappa shape index (κ1) is 13.0. The predicted molar refractivity (Wildman–Crippen MR) is 66.9 cm³/mol. The molecule has 0 amide bonds. The number of hydrogen-bond donors (Lipinski definition) is 1. The zero-order valence-electron chi connectivity index (χ0n) is 9.81. The number of benzene rings is 1. The molecule has 0 heterocycles. The monoisotopic (exact) mass is 241 g/mol. The smallest absolute Gasteiger partial charge is 0.321 e. The van der Waals surface area contributed by atoms with Gasteiger partial charge in [0.1, 0.15) is 5.75 Å². The van der Waals surface area contributed by atoms with Gasteiger partial charge in [-0.3, -0.25) is 0 Å². The maximum Gasteiger partial charge on any atom is 0.321 e. The van der Waals surface area contributed by atoms with E-state index < -0.39 is 9.28 Å². The van der Waals surface area contributed by atoms with E-state index in [0.717, 1.165) is 23.9 Å². The van der Waals surface area contributed by atoms with Crippen molar-refractivity contribution in [3.05, 3.63) is 24.3 Å². The van der Waals surface area contributed by atoms with Gasteiger partial charge in [0.15, 0.2) is 0 Å². The van der Waals surface area contributed by atoms with Gasteiger partial charge in [-0.15, -0.1) is 0 Å². The minimum absolute atomic E-state index is 0.666. The molecule has 0 aliphatic rings. The average Bonchev–Trinajstić information content (AvgIpc) is 2.29. The highest BCUT2D eigenvalue weighted by atomic mass is 28.3. The molecule has 5 heteroatoms. The van der Waals surface area contributed by atoms with Gasteiger partial charge in [0.05, 0.1) is 6.61 Å². The van der Waals surface area contributed by atoms with Crippen molar-refractivity contribution < 1.29 is 13.6 Å². The zero-order valence-corrected chi connectivity index (χ0v) is 11.0. The Bertz CT molecular complexity index is 305. The van der Waals surface area contributed by atoms with E-state index in [-0.39, 0.29) is 0 Å². The molecule has 0 radical (unpaired) electrons. The van der Waals surface area contributed by atoms with Gasteiger partial charge in [-0.1, -0.05) is 6.07 Å². The summed E-state index contributed by atoms with van der Waals surface area (Å²) in [5, 5.41) is 0. The summed E-state index contributed by atoms with van der Waals surface area (Å²) in [5.41, 5.74) is 6.36. The molecule has 0 saturated carbocycles. The summed E-state index contributed by atoms with van der Waals surface area (Å²) < 4.78 is 16.0. The molecule has 0 bridgehead atoms. The molecule has 0 atom stereocenters. The van der Waals surface area contributed by atoms with Crippen LogP contribution >= 0.6 is 0 Å². The van der Waals surface area contributed by atoms with Crippen molar-refractivity contribution in [1.82, 2.24) is 0 Å². The van der Waals surface area contributed by atoms with E-state index in [9.17, 15) is 0 Å². The topological polar surface area (TPSA) is 53.7 Å². The molecule has 4 nitrogen and oxygen atoms in total. The Labute approximate surface area is 98.2 Å². The maximum absolute atomic E-state index is 5.64. The highest BCUT2D eigenvalue weighted by Gasteiger charge is 2.08. The number of rotatable bonds is 7. The number of hydrogen-bond acceptors (Lipinski definition) is 4. The summed E-state index contributed by atoms with van der Waals surface area (Å²) in [7, 11) is 1.95. The summed E-state index contributed by atoms with van der Waals surface area (Å²) in [6, 6.07) is 8.40. The lowest BCUT2D eigenvalue weighted by Crippen LogP contribution is -2.19. The van der Waals surface area contributed by atoms with Gasteiger partial charge >= 0.3 is 9.28 Å². The Hall–Kier alpha value is -1.04. The molecule has 90 valence electrons. The number of nitrogens with two attached hydrogens (primary N) is 1. The third-order valence-corrected chi connectivity index (χ3v) is 4.17. The van der Waals surface area contributed by atoms with Crippen LogP contribution in [0.3, 0.4) is 0 Å². The minimum atomic E-state index is -1.43. The van der Waals surface area contributed by atoms with Gasteiger partial charge in [-0.2, -0.15) is 0 Å². The van der Waals surface area contributed by atoms with Crippen molar-refractivity contribution in [2.75, 3.05) is 26.6 Å². The number of anilines is 1. The average molecular weight is 241 g/mol. The number of nitrogen functional groups attached to an aromatic ring is 1. The van der Waals surface area contributed by atoms with Crippen molar-refractivity contribution >= 4 is 15.0 Å². The van der Waals surface area contributed by atoms with E-state index in [4.69, 9.17) is 19.3 Å². The van der Waals surface area contributed by atoms with Crippen molar-refractivity contribution in [3.8, 4) is 5.75 Å². The van der Waals surface area contributed by atoms with E-state index in [1.54, 1.807) is 14.2 Å².